The largest absolute Gasteiger partial charge is 0.561 e. The van der Waals surface area contributed by atoms with E-state index in [1.807, 2.05) is 31.1 Å². The van der Waals surface area contributed by atoms with E-state index in [-0.39, 0.29) is 6.47 Å². The second kappa shape index (κ2) is 4.67. The van der Waals surface area contributed by atoms with E-state index in [2.05, 4.69) is 4.65 Å². The highest BCUT2D eigenvalue weighted by Crippen LogP contribution is 2.07. The summed E-state index contributed by atoms with van der Waals surface area (Å²) in [5.41, 5.74) is 1.58. The van der Waals surface area contributed by atoms with E-state index < -0.39 is 7.12 Å². The summed E-state index contributed by atoms with van der Waals surface area (Å²) in [7, 11) is 2.67. The molecule has 1 rings (SSSR count). The summed E-state index contributed by atoms with van der Waals surface area (Å²) in [4.78, 5) is 11.9. The van der Waals surface area contributed by atoms with Crippen molar-refractivity contribution in [2.24, 2.45) is 0 Å². The van der Waals surface area contributed by atoms with Gasteiger partial charge in [0, 0.05) is 19.8 Å². The van der Waals surface area contributed by atoms with Crippen LogP contribution in [0.3, 0.4) is 0 Å². The quantitative estimate of drug-likeness (QED) is 0.522. The molecule has 0 aromatic heterocycles. The van der Waals surface area contributed by atoms with Crippen LogP contribution in [-0.4, -0.2) is 32.7 Å². The molecule has 0 aliphatic carbocycles. The second-order valence-corrected chi connectivity index (χ2v) is 3.07. The average molecular weight is 193 g/mol. The van der Waals surface area contributed by atoms with Crippen LogP contribution < -0.4 is 10.4 Å². The summed E-state index contributed by atoms with van der Waals surface area (Å²) in [5.74, 6) is 0. The normalized spacial score (nSPS) is 9.36. The van der Waals surface area contributed by atoms with Gasteiger partial charge in [0.1, 0.15) is 0 Å². The van der Waals surface area contributed by atoms with Gasteiger partial charge in [-0.15, -0.1) is 0 Å². The molecular weight excluding hydrogens is 181 g/mol. The summed E-state index contributed by atoms with van der Waals surface area (Å²) in [6.45, 7) is 0.227. The molecule has 0 unspecified atom stereocenters. The van der Waals surface area contributed by atoms with E-state index in [1.54, 1.807) is 12.1 Å². The Morgan fingerprint density at radius 1 is 1.36 bits per heavy atom. The van der Waals surface area contributed by atoms with Gasteiger partial charge in [0.05, 0.1) is 0 Å². The minimum atomic E-state index is -1.18. The number of carbonyl (C=O) groups excluding carboxylic acids is 1. The number of benzene rings is 1. The highest BCUT2D eigenvalue weighted by atomic mass is 16.5. The molecule has 0 atom stereocenters. The summed E-state index contributed by atoms with van der Waals surface area (Å²) in [5, 5.41) is 9.28. The van der Waals surface area contributed by atoms with Crippen molar-refractivity contribution in [1.29, 1.82) is 0 Å². The zero-order valence-corrected chi connectivity index (χ0v) is 8.18. The minimum Gasteiger partial charge on any atom is -0.508 e. The summed E-state index contributed by atoms with van der Waals surface area (Å²) in [6.07, 6.45) is 0. The molecule has 1 aromatic carbocycles. The SMILES string of the molecule is CN(C)c1ccc(B(O)OC=O)cc1. The Kier molecular flexibility index (Phi) is 3.53. The van der Waals surface area contributed by atoms with Crippen molar-refractivity contribution in [2.75, 3.05) is 19.0 Å². The van der Waals surface area contributed by atoms with Crippen LogP contribution in [0.2, 0.25) is 0 Å². The van der Waals surface area contributed by atoms with E-state index in [9.17, 15) is 9.82 Å². The number of hydrogen-bond donors (Lipinski definition) is 1. The third-order valence-corrected chi connectivity index (χ3v) is 1.88. The molecule has 0 aliphatic rings. The molecule has 0 aliphatic heterocycles. The average Bonchev–Trinajstić information content (AvgIpc) is 2.18. The first-order chi connectivity index (χ1) is 6.65. The number of carbonyl (C=O) groups is 1. The van der Waals surface area contributed by atoms with Gasteiger partial charge >= 0.3 is 7.12 Å². The van der Waals surface area contributed by atoms with E-state index in [1.165, 1.54) is 0 Å². The second-order valence-electron chi connectivity index (χ2n) is 3.07. The monoisotopic (exact) mass is 193 g/mol. The van der Waals surface area contributed by atoms with Gasteiger partial charge in [-0.25, -0.2) is 0 Å². The molecule has 74 valence electrons. The standard InChI is InChI=1S/C9H12BNO3/c1-11(2)9-5-3-8(4-6-9)10(13)14-7-12/h3-7,13H,1-2H3. The number of rotatable bonds is 4. The molecule has 1 N–H and O–H groups in total. The van der Waals surface area contributed by atoms with Gasteiger partial charge in [-0.3, -0.25) is 4.79 Å². The van der Waals surface area contributed by atoms with Crippen molar-refractivity contribution in [2.45, 2.75) is 0 Å². The number of anilines is 1. The molecule has 4 nitrogen and oxygen atoms in total. The molecule has 0 bridgehead atoms. The van der Waals surface area contributed by atoms with E-state index >= 15 is 0 Å². The van der Waals surface area contributed by atoms with Crippen molar-refractivity contribution in [3.8, 4) is 0 Å². The molecule has 0 saturated carbocycles. The van der Waals surface area contributed by atoms with E-state index in [0.29, 0.717) is 5.46 Å². The minimum absolute atomic E-state index is 0.227. The lowest BCUT2D eigenvalue weighted by Crippen LogP contribution is -2.33. The molecule has 0 saturated heterocycles. The van der Waals surface area contributed by atoms with Gasteiger partial charge in [-0.2, -0.15) is 0 Å². The third-order valence-electron chi connectivity index (χ3n) is 1.88. The Balaban J connectivity index is 2.77. The first-order valence-electron chi connectivity index (χ1n) is 4.19. The molecule has 0 radical (unpaired) electrons. The number of hydrogen-bond acceptors (Lipinski definition) is 4. The van der Waals surface area contributed by atoms with Gasteiger partial charge in [-0.1, -0.05) is 12.1 Å². The molecule has 1 aromatic rings. The van der Waals surface area contributed by atoms with Gasteiger partial charge in [0.2, 0.25) is 0 Å². The van der Waals surface area contributed by atoms with Crippen LogP contribution in [0.25, 0.3) is 0 Å². The Hall–Kier alpha value is -1.49. The van der Waals surface area contributed by atoms with Crippen LogP contribution in [0, 0.1) is 0 Å². The lowest BCUT2D eigenvalue weighted by atomic mass is 9.80. The van der Waals surface area contributed by atoms with Crippen molar-refractivity contribution in [1.82, 2.24) is 0 Å². The topological polar surface area (TPSA) is 49.8 Å². The maximum atomic E-state index is 9.97. The molecule has 0 amide bonds. The van der Waals surface area contributed by atoms with Crippen molar-refractivity contribution >= 4 is 24.7 Å². The zero-order chi connectivity index (χ0) is 10.6. The van der Waals surface area contributed by atoms with Crippen molar-refractivity contribution < 1.29 is 14.5 Å². The fourth-order valence-electron chi connectivity index (χ4n) is 1.07. The zero-order valence-electron chi connectivity index (χ0n) is 8.18. The van der Waals surface area contributed by atoms with E-state index in [0.717, 1.165) is 5.69 Å². The third kappa shape index (κ3) is 2.50. The molecule has 14 heavy (non-hydrogen) atoms. The summed E-state index contributed by atoms with van der Waals surface area (Å²) >= 11 is 0. The van der Waals surface area contributed by atoms with Gasteiger partial charge < -0.3 is 14.6 Å². The molecule has 5 heteroatoms. The van der Waals surface area contributed by atoms with Gasteiger partial charge in [-0.05, 0) is 17.6 Å². The van der Waals surface area contributed by atoms with Crippen LogP contribution in [0.1, 0.15) is 0 Å². The van der Waals surface area contributed by atoms with Gasteiger partial charge in [0.25, 0.3) is 6.47 Å². The fourth-order valence-corrected chi connectivity index (χ4v) is 1.07. The summed E-state index contributed by atoms with van der Waals surface area (Å²) < 4.78 is 4.39. The highest BCUT2D eigenvalue weighted by Gasteiger charge is 2.16. The Morgan fingerprint density at radius 3 is 2.36 bits per heavy atom. The van der Waals surface area contributed by atoms with Crippen molar-refractivity contribution in [3.63, 3.8) is 0 Å². The molecule has 0 fully saturated rings. The Labute approximate surface area is 83.2 Å². The fraction of sp³-hybridized carbons (Fsp3) is 0.222. The first-order valence-corrected chi connectivity index (χ1v) is 4.19. The highest BCUT2D eigenvalue weighted by molar-refractivity contribution is 6.61. The van der Waals surface area contributed by atoms with Crippen LogP contribution in [0.4, 0.5) is 5.69 Å². The van der Waals surface area contributed by atoms with Gasteiger partial charge in [0.15, 0.2) is 0 Å². The molecule has 0 heterocycles. The molecular formula is C9H12BNO3. The smallest absolute Gasteiger partial charge is 0.508 e. The maximum absolute atomic E-state index is 9.97. The Morgan fingerprint density at radius 2 is 1.93 bits per heavy atom. The van der Waals surface area contributed by atoms with Crippen molar-refractivity contribution in [3.05, 3.63) is 24.3 Å². The lowest BCUT2D eigenvalue weighted by Gasteiger charge is -2.12. The van der Waals surface area contributed by atoms with Crippen LogP contribution in [-0.2, 0) is 9.45 Å². The summed E-state index contributed by atoms with van der Waals surface area (Å²) in [6, 6.07) is 7.10. The van der Waals surface area contributed by atoms with Crippen LogP contribution >= 0.6 is 0 Å². The first kappa shape index (κ1) is 10.6. The predicted octanol–water partition coefficient (Wildman–Crippen LogP) is -0.387. The van der Waals surface area contributed by atoms with E-state index in [4.69, 9.17) is 0 Å². The maximum Gasteiger partial charge on any atom is 0.561 e. The lowest BCUT2D eigenvalue weighted by molar-refractivity contribution is -0.121. The number of nitrogens with zero attached hydrogens (tertiary/aromatic N) is 1. The van der Waals surface area contributed by atoms with Crippen LogP contribution in [0.15, 0.2) is 24.3 Å². The molecule has 0 spiro atoms. The predicted molar refractivity (Wildman–Crippen MR) is 55.5 cm³/mol. The Bertz CT molecular complexity index is 299. The van der Waals surface area contributed by atoms with Crippen LogP contribution in [0.5, 0.6) is 0 Å².